The molecule has 0 aliphatic rings. The van der Waals surface area contributed by atoms with Crippen LogP contribution < -0.4 is 10.1 Å². The molecule has 0 aliphatic heterocycles. The van der Waals surface area contributed by atoms with Gasteiger partial charge >= 0.3 is 0 Å². The Morgan fingerprint density at radius 1 is 1.18 bits per heavy atom. The lowest BCUT2D eigenvalue weighted by atomic mass is 10.1. The SMILES string of the molecule is O=C(COc1ccc2ccccc2c1)NCCc1cnc[nH]1. The van der Waals surface area contributed by atoms with E-state index < -0.39 is 0 Å². The number of hydrogen-bond acceptors (Lipinski definition) is 3. The Balaban J connectivity index is 1.47. The standard InChI is InChI=1S/C17H17N3O2/c21-17(19-8-7-15-10-18-12-20-15)11-22-16-6-5-13-3-1-2-4-14(13)9-16/h1-6,9-10,12H,7-8,11H2,(H,18,20)(H,19,21). The average Bonchev–Trinajstić information content (AvgIpc) is 3.06. The minimum Gasteiger partial charge on any atom is -0.484 e. The van der Waals surface area contributed by atoms with E-state index in [1.165, 1.54) is 0 Å². The fourth-order valence-electron chi connectivity index (χ4n) is 2.22. The van der Waals surface area contributed by atoms with Gasteiger partial charge in [-0.25, -0.2) is 4.98 Å². The van der Waals surface area contributed by atoms with E-state index in [1.807, 2.05) is 42.5 Å². The highest BCUT2D eigenvalue weighted by Crippen LogP contribution is 2.20. The van der Waals surface area contributed by atoms with Crippen molar-refractivity contribution in [2.45, 2.75) is 6.42 Å². The third-order valence-electron chi connectivity index (χ3n) is 3.36. The number of fused-ring (bicyclic) bond motifs is 1. The zero-order valence-corrected chi connectivity index (χ0v) is 12.1. The van der Waals surface area contributed by atoms with Crippen LogP contribution in [0.1, 0.15) is 5.69 Å². The van der Waals surface area contributed by atoms with Gasteiger partial charge in [0.2, 0.25) is 0 Å². The summed E-state index contributed by atoms with van der Waals surface area (Å²) in [5.41, 5.74) is 0.996. The Hall–Kier alpha value is -2.82. The first kappa shape index (κ1) is 14.1. The number of hydrogen-bond donors (Lipinski definition) is 2. The maximum atomic E-state index is 11.7. The van der Waals surface area contributed by atoms with Crippen LogP contribution in [-0.2, 0) is 11.2 Å². The molecule has 3 aromatic rings. The van der Waals surface area contributed by atoms with Crippen molar-refractivity contribution in [2.75, 3.05) is 13.2 Å². The van der Waals surface area contributed by atoms with Crippen LogP contribution >= 0.6 is 0 Å². The summed E-state index contributed by atoms with van der Waals surface area (Å²) in [6, 6.07) is 13.8. The van der Waals surface area contributed by atoms with Gasteiger partial charge in [0, 0.05) is 24.9 Å². The maximum Gasteiger partial charge on any atom is 0.257 e. The first-order valence-corrected chi connectivity index (χ1v) is 7.17. The number of rotatable bonds is 6. The van der Waals surface area contributed by atoms with E-state index in [4.69, 9.17) is 4.74 Å². The molecule has 22 heavy (non-hydrogen) atoms. The lowest BCUT2D eigenvalue weighted by molar-refractivity contribution is -0.123. The second-order valence-corrected chi connectivity index (χ2v) is 4.97. The molecule has 1 aromatic heterocycles. The van der Waals surface area contributed by atoms with Crippen molar-refractivity contribution in [3.8, 4) is 5.75 Å². The molecule has 0 aliphatic carbocycles. The number of carbonyl (C=O) groups is 1. The van der Waals surface area contributed by atoms with Gasteiger partial charge in [0.25, 0.3) is 5.91 Å². The number of carbonyl (C=O) groups excluding carboxylic acids is 1. The highest BCUT2D eigenvalue weighted by atomic mass is 16.5. The van der Waals surface area contributed by atoms with Crippen LogP contribution in [0.15, 0.2) is 55.0 Å². The van der Waals surface area contributed by atoms with Gasteiger partial charge in [-0.05, 0) is 22.9 Å². The van der Waals surface area contributed by atoms with Crippen LogP contribution in [0, 0.1) is 0 Å². The fraction of sp³-hybridized carbons (Fsp3) is 0.176. The normalized spacial score (nSPS) is 10.5. The molecule has 0 radical (unpaired) electrons. The average molecular weight is 295 g/mol. The summed E-state index contributed by atoms with van der Waals surface area (Å²) in [5.74, 6) is 0.565. The third kappa shape index (κ3) is 3.63. The van der Waals surface area contributed by atoms with E-state index in [0.29, 0.717) is 12.3 Å². The van der Waals surface area contributed by atoms with Crippen molar-refractivity contribution in [3.05, 3.63) is 60.7 Å². The highest BCUT2D eigenvalue weighted by Gasteiger charge is 2.03. The summed E-state index contributed by atoms with van der Waals surface area (Å²) in [6.45, 7) is 0.573. The summed E-state index contributed by atoms with van der Waals surface area (Å²) in [7, 11) is 0. The van der Waals surface area contributed by atoms with Gasteiger partial charge in [0.1, 0.15) is 5.75 Å². The number of nitrogens with zero attached hydrogens (tertiary/aromatic N) is 1. The molecule has 2 N–H and O–H groups in total. The zero-order valence-electron chi connectivity index (χ0n) is 12.1. The zero-order chi connectivity index (χ0) is 15.2. The van der Waals surface area contributed by atoms with Gasteiger partial charge < -0.3 is 15.0 Å². The minimum absolute atomic E-state index is 0.0152. The molecule has 5 heteroatoms. The summed E-state index contributed by atoms with van der Waals surface area (Å²) in [5, 5.41) is 5.07. The molecule has 2 aromatic carbocycles. The maximum absolute atomic E-state index is 11.7. The molecule has 0 bridgehead atoms. The number of imidazole rings is 1. The summed E-state index contributed by atoms with van der Waals surface area (Å²) >= 11 is 0. The molecule has 1 heterocycles. The molecule has 0 spiro atoms. The van der Waals surface area contributed by atoms with Crippen LogP contribution in [0.2, 0.25) is 0 Å². The van der Waals surface area contributed by atoms with Gasteiger partial charge in [-0.1, -0.05) is 30.3 Å². The van der Waals surface area contributed by atoms with Crippen LogP contribution in [0.4, 0.5) is 0 Å². The lowest BCUT2D eigenvalue weighted by Crippen LogP contribution is -2.30. The minimum atomic E-state index is -0.132. The molecule has 0 saturated carbocycles. The predicted molar refractivity (Wildman–Crippen MR) is 84.7 cm³/mol. The smallest absolute Gasteiger partial charge is 0.257 e. The molecule has 112 valence electrons. The Morgan fingerprint density at radius 3 is 2.86 bits per heavy atom. The second-order valence-electron chi connectivity index (χ2n) is 4.97. The predicted octanol–water partition coefficient (Wildman–Crippen LogP) is 2.30. The number of H-pyrrole nitrogens is 1. The molecule has 0 fully saturated rings. The Kier molecular flexibility index (Phi) is 4.34. The first-order chi connectivity index (χ1) is 10.8. The topological polar surface area (TPSA) is 67.0 Å². The number of benzene rings is 2. The van der Waals surface area contributed by atoms with Gasteiger partial charge in [0.05, 0.1) is 6.33 Å². The number of ether oxygens (including phenoxy) is 1. The number of nitrogens with one attached hydrogen (secondary N) is 2. The van der Waals surface area contributed by atoms with E-state index in [0.717, 1.165) is 22.9 Å². The Labute approximate surface area is 128 Å². The highest BCUT2D eigenvalue weighted by molar-refractivity contribution is 5.84. The molecule has 5 nitrogen and oxygen atoms in total. The number of amides is 1. The lowest BCUT2D eigenvalue weighted by Gasteiger charge is -2.08. The van der Waals surface area contributed by atoms with Gasteiger partial charge in [-0.3, -0.25) is 4.79 Å². The second kappa shape index (κ2) is 6.76. The van der Waals surface area contributed by atoms with E-state index in [-0.39, 0.29) is 12.5 Å². The Bertz CT molecular complexity index is 753. The largest absolute Gasteiger partial charge is 0.484 e. The summed E-state index contributed by atoms with van der Waals surface area (Å²) < 4.78 is 5.53. The first-order valence-electron chi connectivity index (χ1n) is 7.17. The molecule has 0 unspecified atom stereocenters. The molecule has 0 saturated heterocycles. The van der Waals surface area contributed by atoms with Crippen molar-refractivity contribution in [2.24, 2.45) is 0 Å². The monoisotopic (exact) mass is 295 g/mol. The van der Waals surface area contributed by atoms with Crippen LogP contribution in [0.5, 0.6) is 5.75 Å². The Morgan fingerprint density at radius 2 is 2.05 bits per heavy atom. The summed E-state index contributed by atoms with van der Waals surface area (Å²) in [4.78, 5) is 18.7. The third-order valence-corrected chi connectivity index (χ3v) is 3.36. The number of aromatic amines is 1. The van der Waals surface area contributed by atoms with Crippen molar-refractivity contribution in [3.63, 3.8) is 0 Å². The van der Waals surface area contributed by atoms with Crippen LogP contribution in [0.25, 0.3) is 10.8 Å². The van der Waals surface area contributed by atoms with Gasteiger partial charge in [-0.15, -0.1) is 0 Å². The van der Waals surface area contributed by atoms with E-state index in [9.17, 15) is 4.79 Å². The van der Waals surface area contributed by atoms with Crippen molar-refractivity contribution in [1.29, 1.82) is 0 Å². The van der Waals surface area contributed by atoms with Gasteiger partial charge in [0.15, 0.2) is 6.61 Å². The van der Waals surface area contributed by atoms with Crippen molar-refractivity contribution < 1.29 is 9.53 Å². The molecule has 1 amide bonds. The quantitative estimate of drug-likeness (QED) is 0.733. The molecular weight excluding hydrogens is 278 g/mol. The van der Waals surface area contributed by atoms with Crippen LogP contribution in [0.3, 0.4) is 0 Å². The van der Waals surface area contributed by atoms with Crippen LogP contribution in [-0.4, -0.2) is 29.0 Å². The van der Waals surface area contributed by atoms with Gasteiger partial charge in [-0.2, -0.15) is 0 Å². The number of aromatic nitrogens is 2. The van der Waals surface area contributed by atoms with E-state index in [1.54, 1.807) is 12.5 Å². The molecule has 3 rings (SSSR count). The van der Waals surface area contributed by atoms with E-state index in [2.05, 4.69) is 15.3 Å². The summed E-state index contributed by atoms with van der Waals surface area (Å²) in [6.07, 6.45) is 4.10. The molecule has 0 atom stereocenters. The van der Waals surface area contributed by atoms with Crippen molar-refractivity contribution in [1.82, 2.24) is 15.3 Å². The van der Waals surface area contributed by atoms with Crippen molar-refractivity contribution >= 4 is 16.7 Å². The van der Waals surface area contributed by atoms with E-state index >= 15 is 0 Å². The molecular formula is C17H17N3O2. The fourth-order valence-corrected chi connectivity index (χ4v) is 2.22.